The van der Waals surface area contributed by atoms with Gasteiger partial charge in [-0.1, -0.05) is 37.3 Å². The fourth-order valence-electron chi connectivity index (χ4n) is 3.22. The maximum atomic E-state index is 11.9. The number of benzene rings is 1. The van der Waals surface area contributed by atoms with Crippen LogP contribution in [0.4, 0.5) is 0 Å². The molecule has 0 radical (unpaired) electrons. The van der Waals surface area contributed by atoms with Gasteiger partial charge in [0.1, 0.15) is 0 Å². The lowest BCUT2D eigenvalue weighted by Crippen LogP contribution is -2.52. The zero-order valence-corrected chi connectivity index (χ0v) is 12.2. The molecule has 2 aliphatic rings. The zero-order valence-electron chi connectivity index (χ0n) is 12.2. The van der Waals surface area contributed by atoms with Crippen molar-refractivity contribution < 1.29 is 4.79 Å². The predicted octanol–water partition coefficient (Wildman–Crippen LogP) is 2.12. The molecule has 1 unspecified atom stereocenters. The number of fused-ring (bicyclic) bond motifs is 1. The summed E-state index contributed by atoms with van der Waals surface area (Å²) in [7, 11) is 1.76. The molecular weight excluding hydrogens is 250 g/mol. The van der Waals surface area contributed by atoms with E-state index in [0.717, 1.165) is 26.1 Å². The van der Waals surface area contributed by atoms with E-state index in [0.29, 0.717) is 6.42 Å². The highest BCUT2D eigenvalue weighted by Gasteiger charge is 2.42. The third kappa shape index (κ3) is 2.48. The van der Waals surface area contributed by atoms with Crippen molar-refractivity contribution in [2.75, 3.05) is 20.1 Å². The maximum Gasteiger partial charge on any atom is 0.243 e. The van der Waals surface area contributed by atoms with Crippen LogP contribution in [0, 0.1) is 5.41 Å². The van der Waals surface area contributed by atoms with Crippen LogP contribution in [0.2, 0.25) is 0 Å². The second kappa shape index (κ2) is 5.02. The van der Waals surface area contributed by atoms with E-state index in [4.69, 9.17) is 0 Å². The Morgan fingerprint density at radius 2 is 2.05 bits per heavy atom. The Morgan fingerprint density at radius 1 is 1.30 bits per heavy atom. The summed E-state index contributed by atoms with van der Waals surface area (Å²) in [5.74, 6) is 0.123. The molecule has 0 bridgehead atoms. The molecule has 1 saturated heterocycles. The van der Waals surface area contributed by atoms with E-state index in [1.54, 1.807) is 7.05 Å². The molecule has 0 aromatic heterocycles. The highest BCUT2D eigenvalue weighted by Crippen LogP contribution is 2.35. The van der Waals surface area contributed by atoms with Crippen molar-refractivity contribution in [3.8, 4) is 0 Å². The molecule has 0 aliphatic carbocycles. The molecule has 0 N–H and O–H groups in total. The van der Waals surface area contributed by atoms with Crippen molar-refractivity contribution in [3.63, 3.8) is 0 Å². The first kappa shape index (κ1) is 13.3. The van der Waals surface area contributed by atoms with Crippen LogP contribution >= 0.6 is 0 Å². The number of hydrazone groups is 1. The smallest absolute Gasteiger partial charge is 0.243 e. The van der Waals surface area contributed by atoms with E-state index in [2.05, 4.69) is 41.2 Å². The van der Waals surface area contributed by atoms with Gasteiger partial charge in [-0.2, -0.15) is 5.10 Å². The Labute approximate surface area is 120 Å². The lowest BCUT2D eigenvalue weighted by atomic mass is 9.76. The minimum absolute atomic E-state index is 0.0867. The van der Waals surface area contributed by atoms with Crippen LogP contribution in [0.25, 0.3) is 0 Å². The number of likely N-dealkylation sites (tertiary alicyclic amines) is 1. The van der Waals surface area contributed by atoms with Gasteiger partial charge in [0.25, 0.3) is 0 Å². The Hall–Kier alpha value is -1.68. The standard InChI is InChI=1S/C16H21N3O/c1-16-10-15(20)18(2)17-14(16)8-9-19(12-16)11-13-6-4-3-5-7-13/h3-7H,8-12H2,1-2H3. The topological polar surface area (TPSA) is 35.9 Å². The number of carbonyl (C=O) groups is 1. The van der Waals surface area contributed by atoms with Gasteiger partial charge in [0, 0.05) is 50.7 Å². The number of piperidine rings is 1. The van der Waals surface area contributed by atoms with Gasteiger partial charge in [-0.15, -0.1) is 0 Å². The van der Waals surface area contributed by atoms with Gasteiger partial charge >= 0.3 is 0 Å². The minimum Gasteiger partial charge on any atom is -0.298 e. The predicted molar refractivity (Wildman–Crippen MR) is 79.3 cm³/mol. The summed E-state index contributed by atoms with van der Waals surface area (Å²) in [4.78, 5) is 14.4. The van der Waals surface area contributed by atoms with Crippen LogP contribution in [-0.2, 0) is 11.3 Å². The van der Waals surface area contributed by atoms with Gasteiger partial charge in [0.2, 0.25) is 5.91 Å². The molecule has 1 atom stereocenters. The summed E-state index contributed by atoms with van der Waals surface area (Å²) in [6.07, 6.45) is 1.54. The molecule has 1 aromatic carbocycles. The van der Waals surface area contributed by atoms with Crippen molar-refractivity contribution in [1.82, 2.24) is 9.91 Å². The minimum atomic E-state index is -0.0867. The van der Waals surface area contributed by atoms with Crippen molar-refractivity contribution >= 4 is 11.6 Å². The Kier molecular flexibility index (Phi) is 3.34. The van der Waals surface area contributed by atoms with Gasteiger partial charge in [0.05, 0.1) is 0 Å². The van der Waals surface area contributed by atoms with Crippen molar-refractivity contribution in [2.24, 2.45) is 10.5 Å². The summed E-state index contributed by atoms with van der Waals surface area (Å²) < 4.78 is 0. The number of hydrogen-bond donors (Lipinski definition) is 0. The Bertz CT molecular complexity index is 540. The maximum absolute atomic E-state index is 11.9. The molecule has 0 spiro atoms. The molecule has 3 rings (SSSR count). The van der Waals surface area contributed by atoms with Crippen molar-refractivity contribution in [3.05, 3.63) is 35.9 Å². The molecular formula is C16H21N3O. The molecule has 4 nitrogen and oxygen atoms in total. The lowest BCUT2D eigenvalue weighted by Gasteiger charge is -2.44. The number of amides is 1. The summed E-state index contributed by atoms with van der Waals surface area (Å²) >= 11 is 0. The van der Waals surface area contributed by atoms with Crippen LogP contribution < -0.4 is 0 Å². The molecule has 106 valence electrons. The largest absolute Gasteiger partial charge is 0.298 e. The van der Waals surface area contributed by atoms with Crippen LogP contribution in [0.1, 0.15) is 25.3 Å². The highest BCUT2D eigenvalue weighted by atomic mass is 16.2. The third-order valence-corrected chi connectivity index (χ3v) is 4.36. The molecule has 0 saturated carbocycles. The van der Waals surface area contributed by atoms with E-state index < -0.39 is 0 Å². The fraction of sp³-hybridized carbons (Fsp3) is 0.500. The summed E-state index contributed by atoms with van der Waals surface area (Å²) in [5.41, 5.74) is 2.43. The Balaban J connectivity index is 1.74. The first-order valence-corrected chi connectivity index (χ1v) is 7.18. The first-order valence-electron chi connectivity index (χ1n) is 7.18. The molecule has 20 heavy (non-hydrogen) atoms. The van der Waals surface area contributed by atoms with Crippen LogP contribution in [0.5, 0.6) is 0 Å². The first-order chi connectivity index (χ1) is 9.57. The summed E-state index contributed by atoms with van der Waals surface area (Å²) in [5, 5.41) is 5.98. The van der Waals surface area contributed by atoms with Gasteiger partial charge in [-0.05, 0) is 5.56 Å². The van der Waals surface area contributed by atoms with Gasteiger partial charge < -0.3 is 0 Å². The second-order valence-corrected chi connectivity index (χ2v) is 6.15. The van der Waals surface area contributed by atoms with Crippen molar-refractivity contribution in [2.45, 2.75) is 26.3 Å². The van der Waals surface area contributed by atoms with E-state index in [-0.39, 0.29) is 11.3 Å². The molecule has 1 fully saturated rings. The van der Waals surface area contributed by atoms with Gasteiger partial charge in [-0.3, -0.25) is 9.69 Å². The number of hydrogen-bond acceptors (Lipinski definition) is 3. The van der Waals surface area contributed by atoms with Crippen LogP contribution in [0.15, 0.2) is 35.4 Å². The second-order valence-electron chi connectivity index (χ2n) is 6.15. The normalized spacial score (nSPS) is 27.2. The van der Waals surface area contributed by atoms with Crippen LogP contribution in [0.3, 0.4) is 0 Å². The number of carbonyl (C=O) groups excluding carboxylic acids is 1. The number of nitrogens with zero attached hydrogens (tertiary/aromatic N) is 3. The molecule has 4 heteroatoms. The van der Waals surface area contributed by atoms with Crippen LogP contribution in [-0.4, -0.2) is 41.7 Å². The number of rotatable bonds is 2. The molecule has 2 heterocycles. The van der Waals surface area contributed by atoms with Gasteiger partial charge in [0.15, 0.2) is 0 Å². The SMILES string of the molecule is CN1N=C2CCN(Cc3ccccc3)CC2(C)CC1=O. The quantitative estimate of drug-likeness (QED) is 0.826. The molecule has 2 aliphatic heterocycles. The monoisotopic (exact) mass is 271 g/mol. The average molecular weight is 271 g/mol. The highest BCUT2D eigenvalue weighted by molar-refractivity contribution is 5.98. The summed E-state index contributed by atoms with van der Waals surface area (Å²) in [6.45, 7) is 5.06. The van der Waals surface area contributed by atoms with E-state index >= 15 is 0 Å². The zero-order chi connectivity index (χ0) is 14.2. The van der Waals surface area contributed by atoms with E-state index in [1.807, 2.05) is 6.07 Å². The van der Waals surface area contributed by atoms with E-state index in [1.165, 1.54) is 16.3 Å². The average Bonchev–Trinajstić information content (AvgIpc) is 2.41. The fourth-order valence-corrected chi connectivity index (χ4v) is 3.22. The van der Waals surface area contributed by atoms with Crippen molar-refractivity contribution in [1.29, 1.82) is 0 Å². The Morgan fingerprint density at radius 3 is 2.80 bits per heavy atom. The summed E-state index contributed by atoms with van der Waals surface area (Å²) in [6, 6.07) is 10.5. The third-order valence-electron chi connectivity index (χ3n) is 4.36. The molecule has 1 amide bonds. The van der Waals surface area contributed by atoms with E-state index in [9.17, 15) is 4.79 Å². The lowest BCUT2D eigenvalue weighted by molar-refractivity contribution is -0.133. The molecule has 1 aromatic rings. The van der Waals surface area contributed by atoms with Gasteiger partial charge in [-0.25, -0.2) is 5.01 Å².